The van der Waals surface area contributed by atoms with E-state index in [1.54, 1.807) is 54.1 Å². The molecule has 1 N–H and O–H groups in total. The Balaban J connectivity index is 1.44. The number of sulfonamides is 1. The van der Waals surface area contributed by atoms with Crippen LogP contribution >= 0.6 is 22.9 Å². The number of benzene rings is 2. The molecule has 164 valence electrons. The number of hydrogen-bond donors (Lipinski definition) is 1. The van der Waals surface area contributed by atoms with Gasteiger partial charge in [-0.15, -0.1) is 0 Å². The molecule has 31 heavy (non-hydrogen) atoms. The fourth-order valence-corrected chi connectivity index (χ4v) is 6.40. The van der Waals surface area contributed by atoms with E-state index in [-0.39, 0.29) is 23.1 Å². The first-order valence-electron chi connectivity index (χ1n) is 9.86. The van der Waals surface area contributed by atoms with E-state index in [0.717, 1.165) is 21.6 Å². The fraction of sp³-hybridized carbons (Fsp3) is 0.333. The van der Waals surface area contributed by atoms with Crippen LogP contribution in [0, 0.1) is 5.92 Å². The van der Waals surface area contributed by atoms with Gasteiger partial charge in [0, 0.05) is 30.8 Å². The van der Waals surface area contributed by atoms with Gasteiger partial charge in [0.2, 0.25) is 15.9 Å². The second-order valence-electron chi connectivity index (χ2n) is 7.68. The third-order valence-corrected chi connectivity index (χ3v) is 8.53. The summed E-state index contributed by atoms with van der Waals surface area (Å²) in [4.78, 5) is 24.6. The highest BCUT2D eigenvalue weighted by atomic mass is 35.5. The Bertz CT molecular complexity index is 1280. The molecule has 2 heterocycles. The summed E-state index contributed by atoms with van der Waals surface area (Å²) in [6.07, 6.45) is 1.25. The lowest BCUT2D eigenvalue weighted by Gasteiger charge is -2.31. The molecule has 4 rings (SSSR count). The van der Waals surface area contributed by atoms with Gasteiger partial charge in [0.05, 0.1) is 21.9 Å². The molecule has 0 spiro atoms. The summed E-state index contributed by atoms with van der Waals surface area (Å²) < 4.78 is 29.5. The number of fused-ring (bicyclic) bond motifs is 1. The molecule has 1 saturated heterocycles. The summed E-state index contributed by atoms with van der Waals surface area (Å²) in [6, 6.07) is 12.1. The predicted octanol–water partition coefficient (Wildman–Crippen LogP) is 3.43. The molecule has 1 aliphatic rings. The van der Waals surface area contributed by atoms with Crippen molar-refractivity contribution in [1.82, 2.24) is 8.87 Å². The summed E-state index contributed by atoms with van der Waals surface area (Å²) in [7, 11) is -1.84. The Kier molecular flexibility index (Phi) is 6.20. The van der Waals surface area contributed by atoms with E-state index in [2.05, 4.69) is 5.32 Å². The number of nitrogens with one attached hydrogen (secondary N) is 1. The van der Waals surface area contributed by atoms with E-state index in [4.69, 9.17) is 11.6 Å². The lowest BCUT2D eigenvalue weighted by molar-refractivity contribution is -0.120. The Morgan fingerprint density at radius 1 is 1.23 bits per heavy atom. The number of hydrogen-bond acceptors (Lipinski definition) is 5. The molecule has 0 radical (unpaired) electrons. The largest absolute Gasteiger partial charge is 0.326 e. The number of carbonyl (C=O) groups is 1. The molecule has 0 aliphatic carbocycles. The highest BCUT2D eigenvalue weighted by Crippen LogP contribution is 2.25. The Hall–Kier alpha value is -2.20. The van der Waals surface area contributed by atoms with Crippen LogP contribution in [0.1, 0.15) is 18.4 Å². The smallest absolute Gasteiger partial charge is 0.307 e. The Labute approximate surface area is 189 Å². The standard InChI is InChI=1S/C21H22ClN3O4S2/c1-24-18-9-8-17(11-19(18)30-21(24)27)23-20(26)15-3-2-10-25(12-15)31(28,29)13-14-4-6-16(22)7-5-14/h4-9,11,15H,2-3,10,12-13H2,1H3,(H,23,26)/t15-/m1/s1. The van der Waals surface area contributed by atoms with E-state index >= 15 is 0 Å². The molecule has 0 unspecified atom stereocenters. The average molecular weight is 480 g/mol. The third-order valence-electron chi connectivity index (χ3n) is 5.47. The zero-order chi connectivity index (χ0) is 22.2. The minimum atomic E-state index is -3.54. The molecule has 3 aromatic rings. The highest BCUT2D eigenvalue weighted by molar-refractivity contribution is 7.88. The molecule has 2 aromatic carbocycles. The molecule has 0 saturated carbocycles. The molecule has 1 atom stereocenters. The van der Waals surface area contributed by atoms with Gasteiger partial charge in [-0.05, 0) is 48.7 Å². The summed E-state index contributed by atoms with van der Waals surface area (Å²) in [5.74, 6) is -0.768. The van der Waals surface area contributed by atoms with Gasteiger partial charge >= 0.3 is 4.87 Å². The summed E-state index contributed by atoms with van der Waals surface area (Å²) in [5, 5.41) is 3.43. The van der Waals surface area contributed by atoms with E-state index in [1.807, 2.05) is 0 Å². The van der Waals surface area contributed by atoms with Gasteiger partial charge in [0.15, 0.2) is 0 Å². The van der Waals surface area contributed by atoms with Gasteiger partial charge in [-0.2, -0.15) is 0 Å². The molecule has 1 amide bonds. The number of nitrogens with zero attached hydrogens (tertiary/aromatic N) is 2. The third kappa shape index (κ3) is 4.85. The lowest BCUT2D eigenvalue weighted by Crippen LogP contribution is -2.44. The number of anilines is 1. The lowest BCUT2D eigenvalue weighted by atomic mass is 9.98. The summed E-state index contributed by atoms with van der Waals surface area (Å²) >= 11 is 6.99. The Morgan fingerprint density at radius 3 is 2.71 bits per heavy atom. The second-order valence-corrected chi connectivity index (χ2v) is 11.1. The van der Waals surface area contributed by atoms with Crippen LogP contribution < -0.4 is 10.2 Å². The van der Waals surface area contributed by atoms with Crippen molar-refractivity contribution in [2.45, 2.75) is 18.6 Å². The van der Waals surface area contributed by atoms with Crippen molar-refractivity contribution in [3.8, 4) is 0 Å². The number of thiazole rings is 1. The number of aromatic nitrogens is 1. The normalized spacial score (nSPS) is 17.7. The van der Waals surface area contributed by atoms with Crippen LogP contribution in [0.3, 0.4) is 0 Å². The second kappa shape index (κ2) is 8.74. The average Bonchev–Trinajstić information content (AvgIpc) is 3.03. The SMILES string of the molecule is Cn1c(=O)sc2cc(NC(=O)[C@@H]3CCCN(S(=O)(=O)Cc4ccc(Cl)cc4)C3)ccc21. The number of rotatable bonds is 5. The number of piperidine rings is 1. The van der Waals surface area contributed by atoms with Crippen molar-refractivity contribution >= 4 is 54.8 Å². The Morgan fingerprint density at radius 2 is 1.97 bits per heavy atom. The van der Waals surface area contributed by atoms with Crippen molar-refractivity contribution in [3.63, 3.8) is 0 Å². The highest BCUT2D eigenvalue weighted by Gasteiger charge is 2.32. The van der Waals surface area contributed by atoms with Crippen molar-refractivity contribution in [2.75, 3.05) is 18.4 Å². The van der Waals surface area contributed by atoms with Gasteiger partial charge < -0.3 is 9.88 Å². The first-order valence-corrected chi connectivity index (χ1v) is 12.7. The predicted molar refractivity (Wildman–Crippen MR) is 124 cm³/mol. The van der Waals surface area contributed by atoms with Crippen LogP contribution in [0.4, 0.5) is 5.69 Å². The van der Waals surface area contributed by atoms with Gasteiger partial charge in [0.25, 0.3) is 0 Å². The molecule has 1 fully saturated rings. The zero-order valence-corrected chi connectivity index (χ0v) is 19.3. The minimum Gasteiger partial charge on any atom is -0.326 e. The summed E-state index contributed by atoms with van der Waals surface area (Å²) in [5.41, 5.74) is 2.07. The number of amides is 1. The maximum atomic E-state index is 12.9. The van der Waals surface area contributed by atoms with Crippen molar-refractivity contribution < 1.29 is 13.2 Å². The zero-order valence-electron chi connectivity index (χ0n) is 16.9. The molecule has 1 aliphatic heterocycles. The monoisotopic (exact) mass is 479 g/mol. The van der Waals surface area contributed by atoms with Crippen LogP contribution in [0.25, 0.3) is 10.2 Å². The van der Waals surface area contributed by atoms with Gasteiger partial charge in [0.1, 0.15) is 0 Å². The van der Waals surface area contributed by atoms with Crippen molar-refractivity contribution in [3.05, 3.63) is 62.7 Å². The van der Waals surface area contributed by atoms with Crippen LogP contribution in [-0.2, 0) is 27.6 Å². The van der Waals surface area contributed by atoms with E-state index in [1.165, 1.54) is 4.31 Å². The molecule has 1 aromatic heterocycles. The molecule has 7 nitrogen and oxygen atoms in total. The van der Waals surface area contributed by atoms with E-state index in [0.29, 0.717) is 35.7 Å². The number of aryl methyl sites for hydroxylation is 1. The van der Waals surface area contributed by atoms with Crippen LogP contribution in [0.2, 0.25) is 5.02 Å². The molecular formula is C21H22ClN3O4S2. The van der Waals surface area contributed by atoms with Crippen LogP contribution in [0.15, 0.2) is 47.3 Å². The van der Waals surface area contributed by atoms with Gasteiger partial charge in [-0.25, -0.2) is 12.7 Å². The van der Waals surface area contributed by atoms with Gasteiger partial charge in [-0.1, -0.05) is 35.1 Å². The minimum absolute atomic E-state index is 0.0627. The maximum absolute atomic E-state index is 12.9. The van der Waals surface area contributed by atoms with E-state index in [9.17, 15) is 18.0 Å². The quantitative estimate of drug-likeness (QED) is 0.607. The molecule has 0 bridgehead atoms. The van der Waals surface area contributed by atoms with Crippen molar-refractivity contribution in [2.24, 2.45) is 13.0 Å². The van der Waals surface area contributed by atoms with Crippen molar-refractivity contribution in [1.29, 1.82) is 0 Å². The number of carbonyl (C=O) groups excluding carboxylic acids is 1. The first-order chi connectivity index (χ1) is 14.7. The van der Waals surface area contributed by atoms with Crippen LogP contribution in [0.5, 0.6) is 0 Å². The summed E-state index contributed by atoms with van der Waals surface area (Å²) in [6.45, 7) is 0.562. The number of halogens is 1. The maximum Gasteiger partial charge on any atom is 0.307 e. The first kappa shape index (κ1) is 22.0. The fourth-order valence-electron chi connectivity index (χ4n) is 3.75. The van der Waals surface area contributed by atoms with Gasteiger partial charge in [-0.3, -0.25) is 9.59 Å². The molecular weight excluding hydrogens is 458 g/mol. The van der Waals surface area contributed by atoms with Crippen LogP contribution in [-0.4, -0.2) is 36.3 Å². The molecule has 10 heteroatoms. The van der Waals surface area contributed by atoms with E-state index < -0.39 is 15.9 Å². The topological polar surface area (TPSA) is 88.5 Å².